The highest BCUT2D eigenvalue weighted by atomic mass is 28.3. The Kier molecular flexibility index (Phi) is 2.50. The lowest BCUT2D eigenvalue weighted by molar-refractivity contribution is 0.111. The predicted molar refractivity (Wildman–Crippen MR) is 62.8 cm³/mol. The second kappa shape index (κ2) is 3.52. The van der Waals surface area contributed by atoms with Crippen molar-refractivity contribution in [3.8, 4) is 0 Å². The number of ether oxygens (including phenoxy) is 1. The van der Waals surface area contributed by atoms with Gasteiger partial charge in [0.2, 0.25) is 0 Å². The summed E-state index contributed by atoms with van der Waals surface area (Å²) in [6.07, 6.45) is 1.08. The lowest BCUT2D eigenvalue weighted by atomic mass is 10.0. The third-order valence-electron chi connectivity index (χ3n) is 2.85. The van der Waals surface area contributed by atoms with Gasteiger partial charge in [-0.25, -0.2) is 0 Å². The molecule has 0 fully saturated rings. The molecule has 14 heavy (non-hydrogen) atoms. The van der Waals surface area contributed by atoms with Crippen LogP contribution in [-0.2, 0) is 17.8 Å². The maximum Gasteiger partial charge on any atom is 0.0776 e. The lowest BCUT2D eigenvalue weighted by Crippen LogP contribution is -2.38. The highest BCUT2D eigenvalue weighted by molar-refractivity contribution is 6.88. The Hall–Kier alpha value is -0.603. The van der Waals surface area contributed by atoms with Crippen LogP contribution < -0.4 is 5.19 Å². The van der Waals surface area contributed by atoms with E-state index in [0.29, 0.717) is 0 Å². The van der Waals surface area contributed by atoms with Crippen LogP contribution in [0.15, 0.2) is 18.2 Å². The summed E-state index contributed by atoms with van der Waals surface area (Å²) in [5.41, 5.74) is 2.90. The first kappa shape index (κ1) is 9.93. The highest BCUT2D eigenvalue weighted by Crippen LogP contribution is 2.16. The molecule has 1 aliphatic heterocycles. The van der Waals surface area contributed by atoms with E-state index in [9.17, 15) is 0 Å². The molecule has 0 aromatic heterocycles. The summed E-state index contributed by atoms with van der Waals surface area (Å²) in [5, 5.41) is 1.54. The third kappa shape index (κ3) is 1.91. The van der Waals surface area contributed by atoms with Gasteiger partial charge >= 0.3 is 0 Å². The van der Waals surface area contributed by atoms with Crippen LogP contribution in [-0.4, -0.2) is 14.7 Å². The van der Waals surface area contributed by atoms with E-state index in [1.165, 1.54) is 11.1 Å². The van der Waals surface area contributed by atoms with E-state index < -0.39 is 8.07 Å². The van der Waals surface area contributed by atoms with Gasteiger partial charge in [0.05, 0.1) is 21.3 Å². The molecule has 1 heterocycles. The smallest absolute Gasteiger partial charge is 0.0776 e. The van der Waals surface area contributed by atoms with Crippen molar-refractivity contribution in [3.63, 3.8) is 0 Å². The van der Waals surface area contributed by atoms with Crippen molar-refractivity contribution in [3.05, 3.63) is 29.3 Å². The Morgan fingerprint density at radius 1 is 1.14 bits per heavy atom. The Morgan fingerprint density at radius 2 is 1.93 bits per heavy atom. The van der Waals surface area contributed by atoms with Gasteiger partial charge in [0, 0.05) is 0 Å². The molecule has 0 spiro atoms. The van der Waals surface area contributed by atoms with E-state index in [4.69, 9.17) is 4.74 Å². The molecule has 0 aliphatic carbocycles. The summed E-state index contributed by atoms with van der Waals surface area (Å²) < 4.78 is 5.48. The average molecular weight is 206 g/mol. The molecule has 0 amide bonds. The van der Waals surface area contributed by atoms with Crippen LogP contribution in [0.1, 0.15) is 11.1 Å². The Morgan fingerprint density at radius 3 is 2.64 bits per heavy atom. The van der Waals surface area contributed by atoms with E-state index >= 15 is 0 Å². The fraction of sp³-hybridized carbons (Fsp3) is 0.500. The Labute approximate surface area is 87.1 Å². The van der Waals surface area contributed by atoms with E-state index in [1.807, 2.05) is 0 Å². The molecule has 76 valence electrons. The van der Waals surface area contributed by atoms with Gasteiger partial charge in [-0.05, 0) is 17.5 Å². The van der Waals surface area contributed by atoms with Crippen LogP contribution in [0.5, 0.6) is 0 Å². The van der Waals surface area contributed by atoms with Gasteiger partial charge < -0.3 is 4.74 Å². The molecule has 2 rings (SSSR count). The van der Waals surface area contributed by atoms with Crippen LogP contribution in [0.25, 0.3) is 0 Å². The molecule has 0 N–H and O–H groups in total. The standard InChI is InChI=1S/C12H18OSi/c1-14(2,3)12-5-4-10-6-7-13-9-11(10)8-12/h4-5,8H,6-7,9H2,1-3H3. The van der Waals surface area contributed by atoms with Crippen molar-refractivity contribution >= 4 is 13.3 Å². The predicted octanol–water partition coefficient (Wildman–Crippen LogP) is 2.30. The van der Waals surface area contributed by atoms with Crippen molar-refractivity contribution in [2.75, 3.05) is 6.61 Å². The summed E-state index contributed by atoms with van der Waals surface area (Å²) in [4.78, 5) is 0. The number of benzene rings is 1. The van der Waals surface area contributed by atoms with Crippen LogP contribution in [0.4, 0.5) is 0 Å². The molecule has 0 unspecified atom stereocenters. The fourth-order valence-corrected chi connectivity index (χ4v) is 3.03. The third-order valence-corrected chi connectivity index (χ3v) is 4.89. The molecule has 0 bridgehead atoms. The number of hydrogen-bond acceptors (Lipinski definition) is 1. The summed E-state index contributed by atoms with van der Waals surface area (Å²) in [5.74, 6) is 0. The van der Waals surface area contributed by atoms with E-state index in [1.54, 1.807) is 5.19 Å². The summed E-state index contributed by atoms with van der Waals surface area (Å²) >= 11 is 0. The zero-order valence-corrected chi connectivity index (χ0v) is 10.3. The minimum Gasteiger partial charge on any atom is -0.376 e. The van der Waals surface area contributed by atoms with Crippen LogP contribution in [0.2, 0.25) is 19.6 Å². The minimum absolute atomic E-state index is 0.813. The molecule has 0 atom stereocenters. The topological polar surface area (TPSA) is 9.23 Å². The normalized spacial score (nSPS) is 16.5. The van der Waals surface area contributed by atoms with Gasteiger partial charge in [0.15, 0.2) is 0 Å². The largest absolute Gasteiger partial charge is 0.376 e. The molecule has 1 aromatic rings. The van der Waals surface area contributed by atoms with Crippen molar-refractivity contribution in [2.45, 2.75) is 32.7 Å². The molecule has 0 saturated carbocycles. The van der Waals surface area contributed by atoms with E-state index in [0.717, 1.165) is 19.6 Å². The second-order valence-corrected chi connectivity index (χ2v) is 10.1. The zero-order chi connectivity index (χ0) is 10.2. The molecule has 0 radical (unpaired) electrons. The molecule has 1 nitrogen and oxygen atoms in total. The highest BCUT2D eigenvalue weighted by Gasteiger charge is 2.18. The molecule has 0 saturated heterocycles. The summed E-state index contributed by atoms with van der Waals surface area (Å²) in [6.45, 7) is 8.86. The summed E-state index contributed by atoms with van der Waals surface area (Å²) in [6, 6.07) is 6.97. The number of rotatable bonds is 1. The van der Waals surface area contributed by atoms with Crippen LogP contribution in [0.3, 0.4) is 0 Å². The van der Waals surface area contributed by atoms with Gasteiger partial charge in [-0.3, -0.25) is 0 Å². The first-order chi connectivity index (χ1) is 6.57. The van der Waals surface area contributed by atoms with Gasteiger partial charge in [-0.15, -0.1) is 0 Å². The minimum atomic E-state index is -1.15. The van der Waals surface area contributed by atoms with Gasteiger partial charge in [0.1, 0.15) is 0 Å². The maximum absolute atomic E-state index is 5.48. The number of hydrogen-bond donors (Lipinski definition) is 0. The first-order valence-corrected chi connectivity index (χ1v) is 8.77. The fourth-order valence-electron chi connectivity index (χ4n) is 1.83. The molecular formula is C12H18OSi. The zero-order valence-electron chi connectivity index (χ0n) is 9.26. The van der Waals surface area contributed by atoms with Crippen LogP contribution >= 0.6 is 0 Å². The van der Waals surface area contributed by atoms with Gasteiger partial charge in [-0.2, -0.15) is 0 Å². The molecule has 1 aromatic carbocycles. The van der Waals surface area contributed by atoms with E-state index in [-0.39, 0.29) is 0 Å². The van der Waals surface area contributed by atoms with Crippen molar-refractivity contribution in [1.29, 1.82) is 0 Å². The van der Waals surface area contributed by atoms with Gasteiger partial charge in [-0.1, -0.05) is 43.0 Å². The molecule has 1 aliphatic rings. The van der Waals surface area contributed by atoms with Crippen molar-refractivity contribution < 1.29 is 4.74 Å². The van der Waals surface area contributed by atoms with Crippen molar-refractivity contribution in [2.24, 2.45) is 0 Å². The quantitative estimate of drug-likeness (QED) is 0.641. The van der Waals surface area contributed by atoms with Crippen molar-refractivity contribution in [1.82, 2.24) is 0 Å². The monoisotopic (exact) mass is 206 g/mol. The Balaban J connectivity index is 2.39. The van der Waals surface area contributed by atoms with E-state index in [2.05, 4.69) is 37.8 Å². The van der Waals surface area contributed by atoms with Gasteiger partial charge in [0.25, 0.3) is 0 Å². The lowest BCUT2D eigenvalue weighted by Gasteiger charge is -2.22. The Bertz CT molecular complexity index is 339. The first-order valence-electron chi connectivity index (χ1n) is 5.27. The SMILES string of the molecule is C[Si](C)(C)c1ccc2c(c1)COCC2. The maximum atomic E-state index is 5.48. The second-order valence-electron chi connectivity index (χ2n) is 5.04. The summed E-state index contributed by atoms with van der Waals surface area (Å²) in [7, 11) is -1.15. The molecule has 2 heteroatoms. The number of fused-ring (bicyclic) bond motifs is 1. The van der Waals surface area contributed by atoms with Crippen LogP contribution in [0, 0.1) is 0 Å². The molecular weight excluding hydrogens is 188 g/mol. The average Bonchev–Trinajstić information content (AvgIpc) is 2.16.